The fourth-order valence-corrected chi connectivity index (χ4v) is 4.95. The van der Waals surface area contributed by atoms with Gasteiger partial charge in [0, 0.05) is 41.4 Å². The van der Waals surface area contributed by atoms with Gasteiger partial charge in [0.05, 0.1) is 6.10 Å². The third-order valence-electron chi connectivity index (χ3n) is 6.54. The molecule has 0 bridgehead atoms. The fraction of sp³-hybridized carbons (Fsp3) is 0.333. The number of piperidine rings is 1. The van der Waals surface area contributed by atoms with Crippen LogP contribution in [0.15, 0.2) is 72.8 Å². The van der Waals surface area contributed by atoms with E-state index in [0.29, 0.717) is 0 Å². The summed E-state index contributed by atoms with van der Waals surface area (Å²) in [5.41, 5.74) is 5.43. The Hall–Kier alpha value is -2.62. The highest BCUT2D eigenvalue weighted by molar-refractivity contribution is 6.09. The van der Waals surface area contributed by atoms with Crippen LogP contribution in [-0.4, -0.2) is 40.3 Å². The molecule has 3 nitrogen and oxygen atoms in total. The van der Waals surface area contributed by atoms with E-state index in [9.17, 15) is 5.11 Å². The van der Waals surface area contributed by atoms with Crippen LogP contribution in [0.3, 0.4) is 0 Å². The Morgan fingerprint density at radius 3 is 2.37 bits per heavy atom. The van der Waals surface area contributed by atoms with E-state index in [2.05, 4.69) is 82.3 Å². The van der Waals surface area contributed by atoms with Crippen molar-refractivity contribution in [1.82, 2.24) is 9.47 Å². The van der Waals surface area contributed by atoms with Gasteiger partial charge >= 0.3 is 0 Å². The molecule has 3 heteroatoms. The number of para-hydroxylation sites is 1. The van der Waals surface area contributed by atoms with Crippen LogP contribution in [0.1, 0.15) is 30.4 Å². The third-order valence-corrected chi connectivity index (χ3v) is 6.54. The van der Waals surface area contributed by atoms with Gasteiger partial charge in [0.15, 0.2) is 0 Å². The lowest BCUT2D eigenvalue weighted by Crippen LogP contribution is -2.36. The topological polar surface area (TPSA) is 28.4 Å². The predicted molar refractivity (Wildman–Crippen MR) is 125 cm³/mol. The summed E-state index contributed by atoms with van der Waals surface area (Å²) in [7, 11) is 0. The second kappa shape index (κ2) is 8.63. The van der Waals surface area contributed by atoms with Crippen LogP contribution in [-0.2, 0) is 13.0 Å². The number of benzene rings is 3. The summed E-state index contributed by atoms with van der Waals surface area (Å²) in [4.78, 5) is 2.51. The van der Waals surface area contributed by atoms with Gasteiger partial charge in [-0.05, 0) is 55.5 Å². The SMILES string of the molecule is OC1CCN(CCCc2cccc3c2c2ccccc2n3Cc2ccccc2)CC1. The van der Waals surface area contributed by atoms with Crippen LogP contribution in [0.5, 0.6) is 0 Å². The number of likely N-dealkylation sites (tertiary alicyclic amines) is 1. The molecule has 1 saturated heterocycles. The smallest absolute Gasteiger partial charge is 0.0564 e. The van der Waals surface area contributed by atoms with Crippen molar-refractivity contribution >= 4 is 21.8 Å². The van der Waals surface area contributed by atoms with Crippen LogP contribution in [0.25, 0.3) is 21.8 Å². The lowest BCUT2D eigenvalue weighted by molar-refractivity contribution is 0.0821. The van der Waals surface area contributed by atoms with Crippen LogP contribution >= 0.6 is 0 Å². The van der Waals surface area contributed by atoms with E-state index in [1.807, 2.05) is 0 Å². The molecule has 0 spiro atoms. The van der Waals surface area contributed by atoms with E-state index in [1.54, 1.807) is 0 Å². The molecule has 5 rings (SSSR count). The quantitative estimate of drug-likeness (QED) is 0.482. The Balaban J connectivity index is 1.44. The molecular weight excluding hydrogens is 368 g/mol. The number of aliphatic hydroxyl groups is 1. The number of rotatable bonds is 6. The normalized spacial score (nSPS) is 15.9. The van der Waals surface area contributed by atoms with E-state index in [0.717, 1.165) is 51.9 Å². The number of aliphatic hydroxyl groups excluding tert-OH is 1. The summed E-state index contributed by atoms with van der Waals surface area (Å²) in [6, 6.07) is 26.4. The summed E-state index contributed by atoms with van der Waals surface area (Å²) >= 11 is 0. The standard InChI is InChI=1S/C27H30N2O/c30-23-15-18-28(19-16-23)17-7-11-22-10-6-14-26-27(22)24-12-4-5-13-25(24)29(26)20-21-8-2-1-3-9-21/h1-6,8-10,12-14,23,30H,7,11,15-20H2. The first kappa shape index (κ1) is 19.3. The van der Waals surface area contributed by atoms with Gasteiger partial charge in [0.25, 0.3) is 0 Å². The van der Waals surface area contributed by atoms with E-state index in [4.69, 9.17) is 0 Å². The van der Waals surface area contributed by atoms with Gasteiger partial charge in [-0.15, -0.1) is 0 Å². The molecule has 0 aliphatic carbocycles. The maximum atomic E-state index is 9.73. The maximum Gasteiger partial charge on any atom is 0.0564 e. The molecule has 0 atom stereocenters. The van der Waals surface area contributed by atoms with E-state index >= 15 is 0 Å². The first-order valence-corrected chi connectivity index (χ1v) is 11.2. The van der Waals surface area contributed by atoms with E-state index < -0.39 is 0 Å². The Kier molecular flexibility index (Phi) is 5.56. The molecule has 30 heavy (non-hydrogen) atoms. The summed E-state index contributed by atoms with van der Waals surface area (Å²) in [6.07, 6.45) is 4.00. The number of fused-ring (bicyclic) bond motifs is 3. The summed E-state index contributed by atoms with van der Waals surface area (Å²) in [5, 5.41) is 12.5. The summed E-state index contributed by atoms with van der Waals surface area (Å²) in [5.74, 6) is 0. The van der Waals surface area contributed by atoms with Gasteiger partial charge in [-0.25, -0.2) is 0 Å². The molecular formula is C27H30N2O. The Labute approximate surface area is 178 Å². The Bertz CT molecular complexity index is 1120. The minimum atomic E-state index is -0.0919. The van der Waals surface area contributed by atoms with Crippen LogP contribution in [0.4, 0.5) is 0 Å². The highest BCUT2D eigenvalue weighted by atomic mass is 16.3. The number of aryl methyl sites for hydroxylation is 1. The zero-order valence-electron chi connectivity index (χ0n) is 17.5. The molecule has 1 aliphatic rings. The fourth-order valence-electron chi connectivity index (χ4n) is 4.95. The average Bonchev–Trinajstić information content (AvgIpc) is 3.10. The first-order chi connectivity index (χ1) is 14.8. The molecule has 4 aromatic rings. The second-order valence-electron chi connectivity index (χ2n) is 8.58. The summed E-state index contributed by atoms with van der Waals surface area (Å²) in [6.45, 7) is 4.07. The molecule has 1 aromatic heterocycles. The van der Waals surface area contributed by atoms with Gasteiger partial charge in [-0.1, -0.05) is 60.7 Å². The van der Waals surface area contributed by atoms with Crippen LogP contribution in [0.2, 0.25) is 0 Å². The molecule has 1 aliphatic heterocycles. The van der Waals surface area contributed by atoms with Crippen LogP contribution in [0, 0.1) is 0 Å². The lowest BCUT2D eigenvalue weighted by Gasteiger charge is -2.29. The van der Waals surface area contributed by atoms with Gasteiger partial charge in [0.1, 0.15) is 0 Å². The molecule has 0 unspecified atom stereocenters. The van der Waals surface area contributed by atoms with Crippen molar-refractivity contribution < 1.29 is 5.11 Å². The molecule has 0 radical (unpaired) electrons. The first-order valence-electron chi connectivity index (χ1n) is 11.2. The number of hydrogen-bond acceptors (Lipinski definition) is 2. The number of aromatic nitrogens is 1. The molecule has 1 fully saturated rings. The van der Waals surface area contributed by atoms with Crippen LogP contribution < -0.4 is 0 Å². The largest absolute Gasteiger partial charge is 0.393 e. The summed E-state index contributed by atoms with van der Waals surface area (Å²) < 4.78 is 2.47. The highest BCUT2D eigenvalue weighted by Gasteiger charge is 2.17. The maximum absolute atomic E-state index is 9.73. The minimum absolute atomic E-state index is 0.0919. The van der Waals surface area contributed by atoms with Gasteiger partial charge in [0.2, 0.25) is 0 Å². The number of hydrogen-bond donors (Lipinski definition) is 1. The number of nitrogens with zero attached hydrogens (tertiary/aromatic N) is 2. The zero-order chi connectivity index (χ0) is 20.3. The van der Waals surface area contributed by atoms with Crippen molar-refractivity contribution in [2.75, 3.05) is 19.6 Å². The molecule has 3 aromatic carbocycles. The van der Waals surface area contributed by atoms with Crippen molar-refractivity contribution in [3.05, 3.63) is 83.9 Å². The third kappa shape index (κ3) is 3.88. The predicted octanol–water partition coefficient (Wildman–Crippen LogP) is 5.23. The minimum Gasteiger partial charge on any atom is -0.393 e. The van der Waals surface area contributed by atoms with Gasteiger partial charge in [-0.3, -0.25) is 0 Å². The van der Waals surface area contributed by atoms with Crippen molar-refractivity contribution in [3.8, 4) is 0 Å². The Morgan fingerprint density at radius 1 is 0.800 bits per heavy atom. The van der Waals surface area contributed by atoms with Gasteiger partial charge in [-0.2, -0.15) is 0 Å². The molecule has 0 amide bonds. The van der Waals surface area contributed by atoms with Crippen molar-refractivity contribution in [3.63, 3.8) is 0 Å². The van der Waals surface area contributed by atoms with Crippen molar-refractivity contribution in [2.45, 2.75) is 38.3 Å². The monoisotopic (exact) mass is 398 g/mol. The zero-order valence-corrected chi connectivity index (χ0v) is 17.5. The lowest BCUT2D eigenvalue weighted by atomic mass is 10.0. The molecule has 154 valence electrons. The van der Waals surface area contributed by atoms with E-state index in [-0.39, 0.29) is 6.10 Å². The van der Waals surface area contributed by atoms with E-state index in [1.165, 1.54) is 32.9 Å². The highest BCUT2D eigenvalue weighted by Crippen LogP contribution is 2.33. The molecule has 2 heterocycles. The average molecular weight is 399 g/mol. The molecule has 0 saturated carbocycles. The Morgan fingerprint density at radius 2 is 1.53 bits per heavy atom. The molecule has 1 N–H and O–H groups in total. The second-order valence-corrected chi connectivity index (χ2v) is 8.58. The van der Waals surface area contributed by atoms with Crippen molar-refractivity contribution in [1.29, 1.82) is 0 Å². The van der Waals surface area contributed by atoms with Gasteiger partial charge < -0.3 is 14.6 Å². The van der Waals surface area contributed by atoms with Crippen molar-refractivity contribution in [2.24, 2.45) is 0 Å².